The molecule has 20 heavy (non-hydrogen) atoms. The van der Waals surface area contributed by atoms with Crippen LogP contribution in [0.3, 0.4) is 0 Å². The minimum Gasteiger partial charge on any atom is -0.352 e. The van der Waals surface area contributed by atoms with E-state index in [-0.39, 0.29) is 17.0 Å². The number of nitrogens with two attached hydrogens (primary N) is 1. The van der Waals surface area contributed by atoms with Crippen molar-refractivity contribution in [3.8, 4) is 0 Å². The molecule has 4 N–H and O–H groups in total. The third kappa shape index (κ3) is 4.92. The van der Waals surface area contributed by atoms with E-state index in [0.717, 1.165) is 0 Å². The first-order chi connectivity index (χ1) is 9.24. The molecule has 110 valence electrons. The Morgan fingerprint density at radius 2 is 2.00 bits per heavy atom. The second kappa shape index (κ2) is 6.83. The Balaban J connectivity index is 2.81. The predicted molar refractivity (Wildman–Crippen MR) is 71.4 cm³/mol. The van der Waals surface area contributed by atoms with E-state index in [1.165, 1.54) is 18.2 Å². The van der Waals surface area contributed by atoms with Crippen LogP contribution >= 0.6 is 23.2 Å². The number of aldehydes is 1. The number of allylic oxidation sites excluding steroid dienone is 2. The van der Waals surface area contributed by atoms with Crippen LogP contribution < -0.4 is 16.4 Å². The average molecular weight is 328 g/mol. The minimum absolute atomic E-state index is 0.00884. The molecule has 0 bridgehead atoms. The zero-order valence-electron chi connectivity index (χ0n) is 9.84. The molecule has 0 aliphatic rings. The molecule has 0 saturated heterocycles. The molecule has 1 aromatic rings. The Kier molecular flexibility index (Phi) is 5.67. The number of benzene rings is 1. The van der Waals surface area contributed by atoms with E-state index in [4.69, 9.17) is 28.9 Å². The number of carbonyl (C=O) groups excluding carboxylic acids is 1. The number of nitrogens with one attached hydrogen (secondary N) is 2. The summed E-state index contributed by atoms with van der Waals surface area (Å²) >= 11 is 11.6. The highest BCUT2D eigenvalue weighted by Gasteiger charge is 2.34. The van der Waals surface area contributed by atoms with Crippen molar-refractivity contribution >= 4 is 35.2 Å². The number of halogens is 5. The number of rotatable bonds is 5. The molecule has 0 saturated carbocycles. The van der Waals surface area contributed by atoms with Crippen LogP contribution in [0, 0.1) is 0 Å². The van der Waals surface area contributed by atoms with Gasteiger partial charge in [0.25, 0.3) is 0 Å². The summed E-state index contributed by atoms with van der Waals surface area (Å²) in [5.74, 6) is 0. The van der Waals surface area contributed by atoms with Crippen LogP contribution in [0.1, 0.15) is 0 Å². The quantitative estimate of drug-likeness (QED) is 0.442. The molecule has 9 heteroatoms. The van der Waals surface area contributed by atoms with Crippen molar-refractivity contribution in [2.24, 2.45) is 5.73 Å². The maximum atomic E-state index is 12.5. The molecule has 0 heterocycles. The van der Waals surface area contributed by atoms with E-state index < -0.39 is 18.2 Å². The van der Waals surface area contributed by atoms with Crippen molar-refractivity contribution in [2.75, 3.05) is 5.32 Å². The maximum Gasteiger partial charge on any atom is 0.431 e. The number of carbonyl (C=O) groups is 1. The molecule has 0 aliphatic carbocycles. The van der Waals surface area contributed by atoms with Gasteiger partial charge in [-0.25, -0.2) is 0 Å². The van der Waals surface area contributed by atoms with Crippen LogP contribution in [0.25, 0.3) is 0 Å². The molecule has 4 nitrogen and oxygen atoms in total. The lowest BCUT2D eigenvalue weighted by molar-refractivity contribution is -0.107. The molecule has 1 atom stereocenters. The fourth-order valence-corrected chi connectivity index (χ4v) is 1.62. The van der Waals surface area contributed by atoms with E-state index in [9.17, 15) is 18.0 Å². The number of anilines is 1. The highest BCUT2D eigenvalue weighted by Crippen LogP contribution is 2.26. The van der Waals surface area contributed by atoms with Gasteiger partial charge < -0.3 is 10.6 Å². The van der Waals surface area contributed by atoms with Crippen molar-refractivity contribution in [3.63, 3.8) is 0 Å². The summed E-state index contributed by atoms with van der Waals surface area (Å²) in [5, 5.41) is 5.00. The van der Waals surface area contributed by atoms with E-state index >= 15 is 0 Å². The van der Waals surface area contributed by atoms with E-state index in [2.05, 4.69) is 5.32 Å². The highest BCUT2D eigenvalue weighted by atomic mass is 35.5. The largest absolute Gasteiger partial charge is 0.431 e. The Morgan fingerprint density at radius 1 is 1.35 bits per heavy atom. The molecule has 0 spiro atoms. The minimum atomic E-state index is -4.72. The van der Waals surface area contributed by atoms with Gasteiger partial charge in [-0.1, -0.05) is 23.2 Å². The van der Waals surface area contributed by atoms with Gasteiger partial charge in [0.1, 0.15) is 18.3 Å². The Labute approximate surface area is 122 Å². The van der Waals surface area contributed by atoms with Crippen molar-refractivity contribution < 1.29 is 18.0 Å². The molecular formula is C11H10Cl2F3N3O. The third-order valence-electron chi connectivity index (χ3n) is 2.09. The fourth-order valence-electron chi connectivity index (χ4n) is 1.27. The summed E-state index contributed by atoms with van der Waals surface area (Å²) in [6.07, 6.45) is -5.70. The van der Waals surface area contributed by atoms with Gasteiger partial charge in [0.05, 0.1) is 10.7 Å². The molecule has 0 amide bonds. The van der Waals surface area contributed by atoms with Crippen molar-refractivity contribution in [3.05, 3.63) is 40.0 Å². The Bertz CT molecular complexity index is 520. The highest BCUT2D eigenvalue weighted by molar-refractivity contribution is 6.35. The molecule has 1 rings (SSSR count). The standard InChI is InChI=1S/C11H10Cl2F3N3O/c12-6-1-2-7(13)8(5-6)18-10(17)19-9(3-4-20)11(14,15)16/h1-5,10,18-19H,17H2/b9-3-. The average Bonchev–Trinajstić information content (AvgIpc) is 2.32. The first kappa shape index (κ1) is 16.6. The van der Waals surface area contributed by atoms with Gasteiger partial charge in [-0.15, -0.1) is 0 Å². The summed E-state index contributed by atoms with van der Waals surface area (Å²) in [6.45, 7) is 0. The van der Waals surface area contributed by atoms with Crippen LogP contribution in [0.5, 0.6) is 0 Å². The number of alkyl halides is 3. The Morgan fingerprint density at radius 3 is 2.55 bits per heavy atom. The van der Waals surface area contributed by atoms with Gasteiger partial charge in [0.2, 0.25) is 0 Å². The predicted octanol–water partition coefficient (Wildman–Crippen LogP) is 2.88. The lowest BCUT2D eigenvalue weighted by Gasteiger charge is -2.21. The van der Waals surface area contributed by atoms with Crippen LogP contribution in [0.4, 0.5) is 18.9 Å². The number of hydrogen-bond acceptors (Lipinski definition) is 4. The van der Waals surface area contributed by atoms with E-state index in [1.807, 2.05) is 5.32 Å². The van der Waals surface area contributed by atoms with Crippen LogP contribution in [0.15, 0.2) is 30.0 Å². The van der Waals surface area contributed by atoms with Crippen LogP contribution in [-0.2, 0) is 4.79 Å². The molecule has 0 fully saturated rings. The zero-order valence-corrected chi connectivity index (χ0v) is 11.4. The maximum absolute atomic E-state index is 12.5. The third-order valence-corrected chi connectivity index (χ3v) is 2.66. The Hall–Kier alpha value is -1.44. The van der Waals surface area contributed by atoms with Crippen LogP contribution in [-0.4, -0.2) is 18.8 Å². The molecular weight excluding hydrogens is 318 g/mol. The summed E-state index contributed by atoms with van der Waals surface area (Å²) in [6, 6.07) is 4.38. The first-order valence-corrected chi connectivity index (χ1v) is 5.96. The van der Waals surface area contributed by atoms with E-state index in [1.54, 1.807) is 0 Å². The fraction of sp³-hybridized carbons (Fsp3) is 0.182. The lowest BCUT2D eigenvalue weighted by atomic mass is 10.3. The van der Waals surface area contributed by atoms with Gasteiger partial charge in [-0.2, -0.15) is 13.2 Å². The second-order valence-electron chi connectivity index (χ2n) is 3.60. The van der Waals surface area contributed by atoms with Gasteiger partial charge >= 0.3 is 6.18 Å². The molecule has 1 aromatic carbocycles. The van der Waals surface area contributed by atoms with Gasteiger partial charge in [0.15, 0.2) is 0 Å². The smallest absolute Gasteiger partial charge is 0.352 e. The summed E-state index contributed by atoms with van der Waals surface area (Å²) in [4.78, 5) is 10.2. The monoisotopic (exact) mass is 327 g/mol. The van der Waals surface area contributed by atoms with Crippen molar-refractivity contribution in [1.29, 1.82) is 0 Å². The molecule has 0 aliphatic heterocycles. The summed E-state index contributed by atoms with van der Waals surface area (Å²) in [7, 11) is 0. The second-order valence-corrected chi connectivity index (χ2v) is 4.45. The molecule has 1 unspecified atom stereocenters. The van der Waals surface area contributed by atoms with Crippen molar-refractivity contribution in [1.82, 2.24) is 5.32 Å². The van der Waals surface area contributed by atoms with Gasteiger partial charge in [0, 0.05) is 11.1 Å². The summed E-state index contributed by atoms with van der Waals surface area (Å²) < 4.78 is 37.6. The SMILES string of the molecule is NC(N/C(=C\C=O)C(F)(F)F)Nc1cc(Cl)ccc1Cl. The van der Waals surface area contributed by atoms with E-state index in [0.29, 0.717) is 11.1 Å². The topological polar surface area (TPSA) is 67.1 Å². The van der Waals surface area contributed by atoms with Gasteiger partial charge in [-0.3, -0.25) is 10.5 Å². The first-order valence-electron chi connectivity index (χ1n) is 5.20. The summed E-state index contributed by atoms with van der Waals surface area (Å²) in [5.41, 5.74) is 4.46. The molecule has 0 radical (unpaired) electrons. The normalized spacial score (nSPS) is 13.8. The van der Waals surface area contributed by atoms with Gasteiger partial charge in [-0.05, 0) is 18.2 Å². The number of hydrogen-bond donors (Lipinski definition) is 3. The van der Waals surface area contributed by atoms with Crippen LogP contribution in [0.2, 0.25) is 10.0 Å². The van der Waals surface area contributed by atoms with Crippen molar-refractivity contribution in [2.45, 2.75) is 12.5 Å². The molecule has 0 aromatic heterocycles. The zero-order chi connectivity index (χ0) is 15.3. The lowest BCUT2D eigenvalue weighted by Crippen LogP contribution is -2.46.